The molecule has 0 aliphatic heterocycles. The van der Waals surface area contributed by atoms with Gasteiger partial charge in [0.25, 0.3) is 0 Å². The Bertz CT molecular complexity index is 570. The maximum absolute atomic E-state index is 5.33. The molecule has 0 radical (unpaired) electrons. The van der Waals surface area contributed by atoms with Crippen LogP contribution in [0.5, 0.6) is 0 Å². The molecule has 4 nitrogen and oxygen atoms in total. The van der Waals surface area contributed by atoms with E-state index in [1.165, 1.54) is 0 Å². The maximum atomic E-state index is 5.33. The van der Waals surface area contributed by atoms with E-state index in [4.69, 9.17) is 11.5 Å². The molecule has 96 valence electrons. The molecular formula is C15H16N4. The van der Waals surface area contributed by atoms with Crippen molar-refractivity contribution < 1.29 is 0 Å². The molecule has 2 aromatic carbocycles. The van der Waals surface area contributed by atoms with Gasteiger partial charge in [-0.25, -0.2) is 0 Å². The number of hydrogen-bond acceptors (Lipinski definition) is 2. The predicted molar refractivity (Wildman–Crippen MR) is 78.9 cm³/mol. The molecule has 4 heteroatoms. The van der Waals surface area contributed by atoms with E-state index in [1.807, 2.05) is 60.7 Å². The first-order valence-electron chi connectivity index (χ1n) is 6.00. The summed E-state index contributed by atoms with van der Waals surface area (Å²) in [6.45, 7) is 0. The van der Waals surface area contributed by atoms with E-state index in [9.17, 15) is 0 Å². The molecule has 0 saturated carbocycles. The van der Waals surface area contributed by atoms with Gasteiger partial charge in [0.1, 0.15) is 0 Å². The molecule has 2 aromatic rings. The zero-order chi connectivity index (χ0) is 13.5. The molecule has 0 amide bonds. The van der Waals surface area contributed by atoms with E-state index in [0.29, 0.717) is 6.42 Å². The fourth-order valence-corrected chi connectivity index (χ4v) is 1.73. The number of guanidine groups is 1. The average molecular weight is 252 g/mol. The Morgan fingerprint density at radius 2 is 1.37 bits per heavy atom. The Morgan fingerprint density at radius 1 is 0.789 bits per heavy atom. The molecule has 4 N–H and O–H groups in total. The van der Waals surface area contributed by atoms with Crippen LogP contribution in [0.25, 0.3) is 0 Å². The van der Waals surface area contributed by atoms with Gasteiger partial charge in [-0.2, -0.15) is 5.10 Å². The summed E-state index contributed by atoms with van der Waals surface area (Å²) in [4.78, 5) is 0. The standard InChI is InChI=1S/C15H16N4/c16-15(17)19-18-14(13-9-5-2-6-10-13)11-12-7-3-1-4-8-12/h1-10H,11H2,(H4,16,17,19). The van der Waals surface area contributed by atoms with Crippen LogP contribution in [0.2, 0.25) is 0 Å². The summed E-state index contributed by atoms with van der Waals surface area (Å²) >= 11 is 0. The second-order valence-electron chi connectivity index (χ2n) is 4.10. The van der Waals surface area contributed by atoms with Gasteiger partial charge in [0.15, 0.2) is 0 Å². The van der Waals surface area contributed by atoms with Crippen molar-refractivity contribution in [1.29, 1.82) is 0 Å². The zero-order valence-corrected chi connectivity index (χ0v) is 10.5. The summed E-state index contributed by atoms with van der Waals surface area (Å²) in [6.07, 6.45) is 0.682. The monoisotopic (exact) mass is 252 g/mol. The summed E-state index contributed by atoms with van der Waals surface area (Å²) < 4.78 is 0. The first-order valence-corrected chi connectivity index (χ1v) is 6.00. The molecule has 0 aliphatic rings. The van der Waals surface area contributed by atoms with Gasteiger partial charge in [-0.1, -0.05) is 60.7 Å². The van der Waals surface area contributed by atoms with Gasteiger partial charge in [0, 0.05) is 6.42 Å². The van der Waals surface area contributed by atoms with Crippen molar-refractivity contribution in [1.82, 2.24) is 0 Å². The highest BCUT2D eigenvalue weighted by atomic mass is 15.3. The average Bonchev–Trinajstić information content (AvgIpc) is 2.45. The van der Waals surface area contributed by atoms with Crippen LogP contribution >= 0.6 is 0 Å². The van der Waals surface area contributed by atoms with Crippen LogP contribution < -0.4 is 11.5 Å². The molecule has 0 fully saturated rings. The van der Waals surface area contributed by atoms with Gasteiger partial charge in [0.2, 0.25) is 5.96 Å². The minimum Gasteiger partial charge on any atom is -0.369 e. The number of benzene rings is 2. The fraction of sp³-hybridized carbons (Fsp3) is 0.0667. The predicted octanol–water partition coefficient (Wildman–Crippen LogP) is 1.91. The highest BCUT2D eigenvalue weighted by Gasteiger charge is 2.04. The van der Waals surface area contributed by atoms with Gasteiger partial charge < -0.3 is 11.5 Å². The topological polar surface area (TPSA) is 76.8 Å². The smallest absolute Gasteiger partial charge is 0.211 e. The maximum Gasteiger partial charge on any atom is 0.211 e. The van der Waals surface area contributed by atoms with Gasteiger partial charge in [-0.05, 0) is 11.1 Å². The Labute approximate surface area is 112 Å². The van der Waals surface area contributed by atoms with E-state index in [1.54, 1.807) is 0 Å². The van der Waals surface area contributed by atoms with Gasteiger partial charge in [-0.15, -0.1) is 5.10 Å². The highest BCUT2D eigenvalue weighted by Crippen LogP contribution is 2.08. The molecule has 19 heavy (non-hydrogen) atoms. The Morgan fingerprint density at radius 3 is 1.95 bits per heavy atom. The van der Waals surface area contributed by atoms with Gasteiger partial charge in [0.05, 0.1) is 5.71 Å². The van der Waals surface area contributed by atoms with Crippen molar-refractivity contribution in [2.45, 2.75) is 6.42 Å². The molecule has 0 spiro atoms. The Balaban J connectivity index is 2.31. The van der Waals surface area contributed by atoms with Crippen LogP contribution in [0.15, 0.2) is 70.9 Å². The molecular weight excluding hydrogens is 236 g/mol. The van der Waals surface area contributed by atoms with E-state index >= 15 is 0 Å². The molecule has 0 bridgehead atoms. The SMILES string of the molecule is NC(N)=NN=C(Cc1ccccc1)c1ccccc1. The van der Waals surface area contributed by atoms with Crippen molar-refractivity contribution >= 4 is 11.7 Å². The first-order chi connectivity index (χ1) is 9.25. The van der Waals surface area contributed by atoms with Crippen LogP contribution in [0.4, 0.5) is 0 Å². The van der Waals surface area contributed by atoms with Crippen molar-refractivity contribution in [3.05, 3.63) is 71.8 Å². The third-order valence-electron chi connectivity index (χ3n) is 2.61. The molecule has 0 unspecified atom stereocenters. The zero-order valence-electron chi connectivity index (χ0n) is 10.5. The summed E-state index contributed by atoms with van der Waals surface area (Å²) in [7, 11) is 0. The van der Waals surface area contributed by atoms with Gasteiger partial charge in [-0.3, -0.25) is 0 Å². The second kappa shape index (κ2) is 6.35. The van der Waals surface area contributed by atoms with E-state index in [2.05, 4.69) is 10.2 Å². The van der Waals surface area contributed by atoms with Crippen molar-refractivity contribution in [2.75, 3.05) is 0 Å². The second-order valence-corrected chi connectivity index (χ2v) is 4.10. The third kappa shape index (κ3) is 3.96. The van der Waals surface area contributed by atoms with Crippen LogP contribution in [0.1, 0.15) is 11.1 Å². The minimum atomic E-state index is -0.0403. The summed E-state index contributed by atoms with van der Waals surface area (Å²) in [5.41, 5.74) is 13.7. The molecule has 0 aromatic heterocycles. The van der Waals surface area contributed by atoms with E-state index in [-0.39, 0.29) is 5.96 Å². The van der Waals surface area contributed by atoms with Crippen LogP contribution in [0.3, 0.4) is 0 Å². The van der Waals surface area contributed by atoms with E-state index < -0.39 is 0 Å². The van der Waals surface area contributed by atoms with Gasteiger partial charge >= 0.3 is 0 Å². The fourth-order valence-electron chi connectivity index (χ4n) is 1.73. The molecule has 0 saturated heterocycles. The lowest BCUT2D eigenvalue weighted by Gasteiger charge is -2.05. The number of nitrogens with two attached hydrogens (primary N) is 2. The quantitative estimate of drug-likeness (QED) is 0.495. The van der Waals surface area contributed by atoms with E-state index in [0.717, 1.165) is 16.8 Å². The van der Waals surface area contributed by atoms with Crippen LogP contribution in [-0.4, -0.2) is 11.7 Å². The van der Waals surface area contributed by atoms with Crippen molar-refractivity contribution in [3.63, 3.8) is 0 Å². The molecule has 2 rings (SSSR count). The van der Waals surface area contributed by atoms with Crippen LogP contribution in [-0.2, 0) is 6.42 Å². The lowest BCUT2D eigenvalue weighted by atomic mass is 10.0. The highest BCUT2D eigenvalue weighted by molar-refractivity contribution is 6.02. The van der Waals surface area contributed by atoms with Crippen molar-refractivity contribution in [2.24, 2.45) is 21.7 Å². The normalized spacial score (nSPS) is 11.1. The lowest BCUT2D eigenvalue weighted by Crippen LogP contribution is -2.22. The Kier molecular flexibility index (Phi) is 4.29. The largest absolute Gasteiger partial charge is 0.369 e. The number of hydrogen-bond donors (Lipinski definition) is 2. The van der Waals surface area contributed by atoms with Crippen LogP contribution in [0, 0.1) is 0 Å². The molecule has 0 aliphatic carbocycles. The summed E-state index contributed by atoms with van der Waals surface area (Å²) in [5, 5.41) is 7.90. The summed E-state index contributed by atoms with van der Waals surface area (Å²) in [6, 6.07) is 20.0. The molecule has 0 heterocycles. The summed E-state index contributed by atoms with van der Waals surface area (Å²) in [5.74, 6) is -0.0403. The van der Waals surface area contributed by atoms with Crippen molar-refractivity contribution in [3.8, 4) is 0 Å². The third-order valence-corrected chi connectivity index (χ3v) is 2.61. The number of rotatable bonds is 4. The minimum absolute atomic E-state index is 0.0403. The number of nitrogens with zero attached hydrogens (tertiary/aromatic N) is 2. The first kappa shape index (κ1) is 12.8. The lowest BCUT2D eigenvalue weighted by molar-refractivity contribution is 1.16. The Hall–Kier alpha value is -2.62. The molecule has 0 atom stereocenters.